The Morgan fingerprint density at radius 1 is 1.41 bits per heavy atom. The quantitative estimate of drug-likeness (QED) is 0.594. The molecule has 0 bridgehead atoms. The van der Waals surface area contributed by atoms with Gasteiger partial charge in [-0.1, -0.05) is 0 Å². The lowest BCUT2D eigenvalue weighted by molar-refractivity contribution is -0.139. The van der Waals surface area contributed by atoms with E-state index in [1.54, 1.807) is 0 Å². The van der Waals surface area contributed by atoms with E-state index in [1.165, 1.54) is 28.7 Å². The molecule has 0 atom stereocenters. The molecule has 0 radical (unpaired) electrons. The van der Waals surface area contributed by atoms with Crippen LogP contribution in [0.1, 0.15) is 23.2 Å². The Bertz CT molecular complexity index is 464. The summed E-state index contributed by atoms with van der Waals surface area (Å²) in [6.45, 7) is 0. The number of nitrogens with zero attached hydrogens (tertiary/aromatic N) is 2. The van der Waals surface area contributed by atoms with Crippen molar-refractivity contribution >= 4 is 22.6 Å². The van der Waals surface area contributed by atoms with Crippen LogP contribution in [0.3, 0.4) is 0 Å². The summed E-state index contributed by atoms with van der Waals surface area (Å²) < 4.78 is 62.3. The third kappa shape index (κ3) is 3.02. The van der Waals surface area contributed by atoms with Crippen molar-refractivity contribution in [2.45, 2.75) is 19.0 Å². The van der Waals surface area contributed by atoms with E-state index in [9.17, 15) is 22.0 Å². The largest absolute Gasteiger partial charge is 0.419 e. The standard InChI is InChI=1S/C9H4F5IN2/c10-8(11)4-3-17-5(1-2-16)6(7(4)15)9(12,13)14/h3,8H,1H2. The average molecular weight is 362 g/mol. The minimum Gasteiger partial charge on any atom is -0.259 e. The van der Waals surface area contributed by atoms with Gasteiger partial charge in [0.05, 0.1) is 29.3 Å². The Morgan fingerprint density at radius 2 is 2.00 bits per heavy atom. The van der Waals surface area contributed by atoms with E-state index in [0.717, 1.165) is 0 Å². The summed E-state index contributed by atoms with van der Waals surface area (Å²) in [6, 6.07) is 1.52. The fourth-order valence-corrected chi connectivity index (χ4v) is 2.18. The van der Waals surface area contributed by atoms with Crippen LogP contribution in [0.25, 0.3) is 0 Å². The average Bonchev–Trinajstić information content (AvgIpc) is 2.15. The van der Waals surface area contributed by atoms with Gasteiger partial charge in [0, 0.05) is 9.77 Å². The van der Waals surface area contributed by atoms with Crippen LogP contribution < -0.4 is 0 Å². The highest BCUT2D eigenvalue weighted by Crippen LogP contribution is 2.38. The normalized spacial score (nSPS) is 11.6. The zero-order valence-corrected chi connectivity index (χ0v) is 10.2. The van der Waals surface area contributed by atoms with Crippen LogP contribution in [-0.2, 0) is 12.6 Å². The molecule has 0 saturated carbocycles. The molecular formula is C9H4F5IN2. The topological polar surface area (TPSA) is 36.7 Å². The van der Waals surface area contributed by atoms with Crippen LogP contribution in [0.4, 0.5) is 22.0 Å². The molecule has 1 heterocycles. The van der Waals surface area contributed by atoms with Crippen molar-refractivity contribution < 1.29 is 22.0 Å². The van der Waals surface area contributed by atoms with Gasteiger partial charge in [-0.3, -0.25) is 4.98 Å². The molecule has 1 rings (SSSR count). The Morgan fingerprint density at radius 3 is 2.41 bits per heavy atom. The van der Waals surface area contributed by atoms with Crippen molar-refractivity contribution in [3.63, 3.8) is 0 Å². The van der Waals surface area contributed by atoms with Gasteiger partial charge in [0.25, 0.3) is 6.43 Å². The second-order valence-corrected chi connectivity index (χ2v) is 4.06. The zero-order chi connectivity index (χ0) is 13.2. The number of pyridine rings is 1. The predicted molar refractivity (Wildman–Crippen MR) is 56.2 cm³/mol. The minimum absolute atomic E-state index is 0.534. The number of hydrogen-bond acceptors (Lipinski definition) is 2. The monoisotopic (exact) mass is 362 g/mol. The summed E-state index contributed by atoms with van der Waals surface area (Å²) in [5.74, 6) is 0. The second-order valence-electron chi connectivity index (χ2n) is 2.98. The van der Waals surface area contributed by atoms with Gasteiger partial charge in [-0.05, 0) is 22.6 Å². The molecule has 0 fully saturated rings. The second kappa shape index (κ2) is 5.12. The molecule has 1 aromatic rings. The first kappa shape index (κ1) is 14.1. The lowest BCUT2D eigenvalue weighted by atomic mass is 10.1. The molecule has 92 valence electrons. The fourth-order valence-electron chi connectivity index (χ4n) is 1.19. The smallest absolute Gasteiger partial charge is 0.259 e. The number of alkyl halides is 5. The van der Waals surface area contributed by atoms with Gasteiger partial charge in [-0.2, -0.15) is 18.4 Å². The summed E-state index contributed by atoms with van der Waals surface area (Å²) >= 11 is 1.20. The highest BCUT2D eigenvalue weighted by Gasteiger charge is 2.38. The number of hydrogen-bond donors (Lipinski definition) is 0. The number of halogens is 6. The van der Waals surface area contributed by atoms with Crippen molar-refractivity contribution in [2.75, 3.05) is 0 Å². The lowest BCUT2D eigenvalue weighted by Gasteiger charge is -2.15. The molecule has 0 unspecified atom stereocenters. The van der Waals surface area contributed by atoms with Gasteiger partial charge in [-0.15, -0.1) is 0 Å². The van der Waals surface area contributed by atoms with E-state index in [4.69, 9.17) is 5.26 Å². The van der Waals surface area contributed by atoms with Crippen LogP contribution in [0, 0.1) is 14.9 Å². The Hall–Kier alpha value is -0.980. The maximum absolute atomic E-state index is 12.7. The third-order valence-corrected chi connectivity index (χ3v) is 3.05. The van der Waals surface area contributed by atoms with E-state index in [0.29, 0.717) is 6.20 Å². The maximum Gasteiger partial charge on any atom is 0.419 e. The van der Waals surface area contributed by atoms with Gasteiger partial charge in [-0.25, -0.2) is 8.78 Å². The molecule has 0 N–H and O–H groups in total. The van der Waals surface area contributed by atoms with Gasteiger partial charge >= 0.3 is 6.18 Å². The van der Waals surface area contributed by atoms with E-state index in [1.807, 2.05) is 0 Å². The Kier molecular flexibility index (Phi) is 4.24. The number of aromatic nitrogens is 1. The van der Waals surface area contributed by atoms with E-state index in [2.05, 4.69) is 4.98 Å². The number of nitriles is 1. The summed E-state index contributed by atoms with van der Waals surface area (Å²) in [4.78, 5) is 3.29. The molecule has 0 spiro atoms. The van der Waals surface area contributed by atoms with Crippen molar-refractivity contribution in [1.82, 2.24) is 4.98 Å². The lowest BCUT2D eigenvalue weighted by Crippen LogP contribution is -2.15. The molecule has 0 amide bonds. The summed E-state index contributed by atoms with van der Waals surface area (Å²) in [5, 5.41) is 8.37. The van der Waals surface area contributed by atoms with E-state index < -0.39 is 39.4 Å². The Balaban J connectivity index is 3.49. The number of rotatable bonds is 2. The molecule has 0 saturated heterocycles. The zero-order valence-electron chi connectivity index (χ0n) is 8.02. The van der Waals surface area contributed by atoms with Crippen LogP contribution in [0.5, 0.6) is 0 Å². The van der Waals surface area contributed by atoms with Gasteiger partial charge in [0.2, 0.25) is 0 Å². The summed E-state index contributed by atoms with van der Waals surface area (Å²) in [7, 11) is 0. The van der Waals surface area contributed by atoms with Gasteiger partial charge < -0.3 is 0 Å². The third-order valence-electron chi connectivity index (χ3n) is 1.89. The predicted octanol–water partition coefficient (Wildman–Crippen LogP) is 3.71. The SMILES string of the molecule is N#CCc1ncc(C(F)F)c(I)c1C(F)(F)F. The molecule has 1 aromatic heterocycles. The highest BCUT2D eigenvalue weighted by atomic mass is 127. The van der Waals surface area contributed by atoms with Gasteiger partial charge in [0.15, 0.2) is 0 Å². The fraction of sp³-hybridized carbons (Fsp3) is 0.333. The first-order valence-corrected chi connectivity index (χ1v) is 5.26. The highest BCUT2D eigenvalue weighted by molar-refractivity contribution is 14.1. The van der Waals surface area contributed by atoms with Crippen molar-refractivity contribution in [3.8, 4) is 6.07 Å². The van der Waals surface area contributed by atoms with Crippen LogP contribution in [-0.4, -0.2) is 4.98 Å². The van der Waals surface area contributed by atoms with Gasteiger partial charge in [0.1, 0.15) is 0 Å². The van der Waals surface area contributed by atoms with Crippen LogP contribution in [0.15, 0.2) is 6.20 Å². The van der Waals surface area contributed by atoms with Crippen molar-refractivity contribution in [2.24, 2.45) is 0 Å². The minimum atomic E-state index is -4.80. The van der Waals surface area contributed by atoms with E-state index >= 15 is 0 Å². The van der Waals surface area contributed by atoms with E-state index in [-0.39, 0.29) is 0 Å². The summed E-state index contributed by atoms with van der Waals surface area (Å²) in [6.07, 6.45) is -7.74. The maximum atomic E-state index is 12.7. The molecule has 0 aliphatic rings. The first-order valence-electron chi connectivity index (χ1n) is 4.18. The first-order chi connectivity index (χ1) is 7.79. The van der Waals surface area contributed by atoms with Crippen LogP contribution in [0.2, 0.25) is 0 Å². The molecule has 0 aliphatic carbocycles. The molecular weight excluding hydrogens is 358 g/mol. The van der Waals surface area contributed by atoms with Crippen LogP contribution >= 0.6 is 22.6 Å². The Labute approximate surface area is 107 Å². The van der Waals surface area contributed by atoms with Crippen molar-refractivity contribution in [1.29, 1.82) is 5.26 Å². The summed E-state index contributed by atoms with van der Waals surface area (Å²) in [5.41, 5.74) is -2.56. The molecule has 2 nitrogen and oxygen atoms in total. The van der Waals surface area contributed by atoms with Crippen molar-refractivity contribution in [3.05, 3.63) is 26.6 Å². The molecule has 0 aliphatic heterocycles. The molecule has 0 aromatic carbocycles. The molecule has 8 heteroatoms. The molecule has 17 heavy (non-hydrogen) atoms.